The number of carbonyl (C=O) groups excluding carboxylic acids is 1. The standard InChI is InChI=1S/C15H20N2O3/c1-3-11(2)20-14-6-5-12(9-13(14)10-16)15(19)17-7-4-8-18/h5-6,9,11,18H,3-4,7-8H2,1-2H3,(H,17,19). The van der Waals surface area contributed by atoms with Crippen LogP contribution in [-0.2, 0) is 0 Å². The second kappa shape index (κ2) is 8.18. The van der Waals surface area contributed by atoms with Gasteiger partial charge in [0.05, 0.1) is 11.7 Å². The average molecular weight is 276 g/mol. The summed E-state index contributed by atoms with van der Waals surface area (Å²) >= 11 is 0. The van der Waals surface area contributed by atoms with E-state index >= 15 is 0 Å². The Morgan fingerprint density at radius 2 is 2.30 bits per heavy atom. The molecule has 0 spiro atoms. The first-order valence-electron chi connectivity index (χ1n) is 6.72. The number of nitrogens with one attached hydrogen (secondary N) is 1. The zero-order valence-electron chi connectivity index (χ0n) is 11.8. The number of benzene rings is 1. The summed E-state index contributed by atoms with van der Waals surface area (Å²) in [6.45, 7) is 4.37. The summed E-state index contributed by atoms with van der Waals surface area (Å²) in [5.41, 5.74) is 0.760. The van der Waals surface area contributed by atoms with Gasteiger partial charge >= 0.3 is 0 Å². The van der Waals surface area contributed by atoms with E-state index in [0.29, 0.717) is 29.8 Å². The minimum Gasteiger partial charge on any atom is -0.489 e. The molecule has 0 fully saturated rings. The predicted octanol–water partition coefficient (Wildman–Crippen LogP) is 1.85. The minimum atomic E-state index is -0.259. The van der Waals surface area contributed by atoms with Crippen LogP contribution in [0, 0.1) is 11.3 Å². The third-order valence-electron chi connectivity index (χ3n) is 2.89. The van der Waals surface area contributed by atoms with Gasteiger partial charge in [-0.15, -0.1) is 0 Å². The Bertz CT molecular complexity index is 494. The SMILES string of the molecule is CCC(C)Oc1ccc(C(=O)NCCCO)cc1C#N. The maximum absolute atomic E-state index is 11.8. The number of hydrogen-bond acceptors (Lipinski definition) is 4. The summed E-state index contributed by atoms with van der Waals surface area (Å²) < 4.78 is 5.63. The molecule has 1 amide bonds. The first-order chi connectivity index (χ1) is 9.62. The minimum absolute atomic E-state index is 0.0198. The number of aliphatic hydroxyl groups is 1. The summed E-state index contributed by atoms with van der Waals surface area (Å²) in [6.07, 6.45) is 1.37. The Morgan fingerprint density at radius 3 is 2.90 bits per heavy atom. The zero-order chi connectivity index (χ0) is 15.0. The molecule has 0 aliphatic carbocycles. The van der Waals surface area contributed by atoms with Gasteiger partial charge < -0.3 is 15.2 Å². The van der Waals surface area contributed by atoms with Crippen molar-refractivity contribution in [1.29, 1.82) is 5.26 Å². The topological polar surface area (TPSA) is 82.3 Å². The average Bonchev–Trinajstić information content (AvgIpc) is 2.47. The molecule has 20 heavy (non-hydrogen) atoms. The van der Waals surface area contributed by atoms with E-state index in [0.717, 1.165) is 6.42 Å². The molecule has 0 aliphatic heterocycles. The molecular weight excluding hydrogens is 256 g/mol. The highest BCUT2D eigenvalue weighted by molar-refractivity contribution is 5.94. The van der Waals surface area contributed by atoms with Crippen molar-refractivity contribution in [2.45, 2.75) is 32.8 Å². The monoisotopic (exact) mass is 276 g/mol. The van der Waals surface area contributed by atoms with E-state index in [1.807, 2.05) is 19.9 Å². The molecule has 1 aromatic rings. The van der Waals surface area contributed by atoms with Crippen LogP contribution in [0.2, 0.25) is 0 Å². The van der Waals surface area contributed by atoms with E-state index in [4.69, 9.17) is 15.1 Å². The van der Waals surface area contributed by atoms with Crippen molar-refractivity contribution >= 4 is 5.91 Å². The quantitative estimate of drug-likeness (QED) is 0.744. The Hall–Kier alpha value is -2.06. The van der Waals surface area contributed by atoms with Crippen LogP contribution in [0.1, 0.15) is 42.6 Å². The lowest BCUT2D eigenvalue weighted by atomic mass is 10.1. The van der Waals surface area contributed by atoms with Crippen LogP contribution in [0.15, 0.2) is 18.2 Å². The molecule has 0 bridgehead atoms. The molecule has 5 nitrogen and oxygen atoms in total. The van der Waals surface area contributed by atoms with Crippen LogP contribution in [0.5, 0.6) is 5.75 Å². The van der Waals surface area contributed by atoms with Gasteiger partial charge in [0.1, 0.15) is 11.8 Å². The number of nitrogens with zero attached hydrogens (tertiary/aromatic N) is 1. The smallest absolute Gasteiger partial charge is 0.251 e. The third kappa shape index (κ3) is 4.56. The van der Waals surface area contributed by atoms with Crippen molar-refractivity contribution in [1.82, 2.24) is 5.32 Å². The third-order valence-corrected chi connectivity index (χ3v) is 2.89. The van der Waals surface area contributed by atoms with Crippen LogP contribution in [0.3, 0.4) is 0 Å². The van der Waals surface area contributed by atoms with Gasteiger partial charge in [0.25, 0.3) is 5.91 Å². The molecule has 2 N–H and O–H groups in total. The van der Waals surface area contributed by atoms with Gasteiger partial charge in [-0.1, -0.05) is 6.92 Å². The number of ether oxygens (including phenoxy) is 1. The Balaban J connectivity index is 2.81. The molecule has 108 valence electrons. The van der Waals surface area contributed by atoms with Gasteiger partial charge in [-0.2, -0.15) is 5.26 Å². The lowest BCUT2D eigenvalue weighted by molar-refractivity contribution is 0.0951. The Morgan fingerprint density at radius 1 is 1.55 bits per heavy atom. The molecule has 0 aliphatic rings. The van der Waals surface area contributed by atoms with Crippen molar-refractivity contribution in [2.75, 3.05) is 13.2 Å². The molecule has 5 heteroatoms. The molecular formula is C15H20N2O3. The second-order valence-electron chi connectivity index (χ2n) is 4.49. The summed E-state index contributed by atoms with van der Waals surface area (Å²) in [7, 11) is 0. The van der Waals surface area contributed by atoms with E-state index in [1.165, 1.54) is 6.07 Å². The van der Waals surface area contributed by atoms with Crippen LogP contribution in [0.25, 0.3) is 0 Å². The summed E-state index contributed by atoms with van der Waals surface area (Å²) in [6, 6.07) is 6.84. The molecule has 0 saturated heterocycles. The van der Waals surface area contributed by atoms with E-state index in [1.54, 1.807) is 12.1 Å². The zero-order valence-corrected chi connectivity index (χ0v) is 11.8. The summed E-state index contributed by atoms with van der Waals surface area (Å²) in [5.74, 6) is 0.235. The van der Waals surface area contributed by atoms with Crippen LogP contribution >= 0.6 is 0 Å². The number of carbonyl (C=O) groups is 1. The van der Waals surface area contributed by atoms with E-state index in [9.17, 15) is 4.79 Å². The van der Waals surface area contributed by atoms with Crippen molar-refractivity contribution in [3.63, 3.8) is 0 Å². The maximum atomic E-state index is 11.8. The van der Waals surface area contributed by atoms with Gasteiger partial charge in [0.2, 0.25) is 0 Å². The normalized spacial score (nSPS) is 11.5. The lowest BCUT2D eigenvalue weighted by Gasteiger charge is -2.14. The first kappa shape index (κ1) is 16.0. The fourth-order valence-corrected chi connectivity index (χ4v) is 1.54. The van der Waals surface area contributed by atoms with E-state index in [2.05, 4.69) is 5.32 Å². The fourth-order valence-electron chi connectivity index (χ4n) is 1.54. The van der Waals surface area contributed by atoms with Crippen molar-refractivity contribution in [3.8, 4) is 11.8 Å². The number of nitriles is 1. The first-order valence-corrected chi connectivity index (χ1v) is 6.72. The van der Waals surface area contributed by atoms with Gasteiger partial charge in [-0.05, 0) is 38.0 Å². The largest absolute Gasteiger partial charge is 0.489 e. The molecule has 0 aromatic heterocycles. The van der Waals surface area contributed by atoms with Crippen LogP contribution < -0.4 is 10.1 Å². The van der Waals surface area contributed by atoms with Gasteiger partial charge in [0, 0.05) is 18.7 Å². The van der Waals surface area contributed by atoms with Crippen LogP contribution in [-0.4, -0.2) is 30.3 Å². The lowest BCUT2D eigenvalue weighted by Crippen LogP contribution is -2.25. The van der Waals surface area contributed by atoms with Crippen molar-refractivity contribution in [3.05, 3.63) is 29.3 Å². The molecule has 0 saturated carbocycles. The predicted molar refractivity (Wildman–Crippen MR) is 75.6 cm³/mol. The molecule has 0 radical (unpaired) electrons. The van der Waals surface area contributed by atoms with E-state index in [-0.39, 0.29) is 18.6 Å². The van der Waals surface area contributed by atoms with Gasteiger partial charge in [0.15, 0.2) is 0 Å². The highest BCUT2D eigenvalue weighted by Crippen LogP contribution is 2.21. The number of aliphatic hydroxyl groups excluding tert-OH is 1. The summed E-state index contributed by atoms with van der Waals surface area (Å²) in [5, 5.41) is 20.5. The highest BCUT2D eigenvalue weighted by Gasteiger charge is 2.11. The molecule has 0 heterocycles. The molecule has 1 aromatic carbocycles. The number of rotatable bonds is 7. The van der Waals surface area contributed by atoms with E-state index < -0.39 is 0 Å². The number of hydrogen-bond donors (Lipinski definition) is 2. The molecule has 1 unspecified atom stereocenters. The molecule has 1 atom stereocenters. The van der Waals surface area contributed by atoms with Crippen molar-refractivity contribution < 1.29 is 14.6 Å². The maximum Gasteiger partial charge on any atom is 0.251 e. The molecule has 1 rings (SSSR count). The fraction of sp³-hybridized carbons (Fsp3) is 0.467. The highest BCUT2D eigenvalue weighted by atomic mass is 16.5. The van der Waals surface area contributed by atoms with Crippen LogP contribution in [0.4, 0.5) is 0 Å². The Kier molecular flexibility index (Phi) is 6.54. The number of amides is 1. The van der Waals surface area contributed by atoms with Gasteiger partial charge in [-0.3, -0.25) is 4.79 Å². The second-order valence-corrected chi connectivity index (χ2v) is 4.49. The summed E-state index contributed by atoms with van der Waals surface area (Å²) in [4.78, 5) is 11.8. The van der Waals surface area contributed by atoms with Gasteiger partial charge in [-0.25, -0.2) is 0 Å². The van der Waals surface area contributed by atoms with Crippen molar-refractivity contribution in [2.24, 2.45) is 0 Å². The Labute approximate surface area is 119 Å².